The lowest BCUT2D eigenvalue weighted by Gasteiger charge is -2.31. The van der Waals surface area contributed by atoms with E-state index in [1.54, 1.807) is 0 Å². The standard InChI is InChI=1S/C16H22BrNO2/c1-3-20-9-5-7-15(19)18-8-4-6-13-11-14(17)10-12(2)16(13)18/h10-11H,3-9H2,1-2H3. The summed E-state index contributed by atoms with van der Waals surface area (Å²) in [5.41, 5.74) is 3.58. The number of aryl methyl sites for hydroxylation is 2. The summed E-state index contributed by atoms with van der Waals surface area (Å²) < 4.78 is 6.40. The molecule has 1 aromatic carbocycles. The van der Waals surface area contributed by atoms with Crippen molar-refractivity contribution in [3.8, 4) is 0 Å². The summed E-state index contributed by atoms with van der Waals surface area (Å²) >= 11 is 3.54. The number of halogens is 1. The van der Waals surface area contributed by atoms with Crippen LogP contribution in [0.4, 0.5) is 5.69 Å². The number of fused-ring (bicyclic) bond motifs is 1. The van der Waals surface area contributed by atoms with Gasteiger partial charge in [-0.05, 0) is 56.4 Å². The monoisotopic (exact) mass is 339 g/mol. The normalized spacial score (nSPS) is 14.2. The minimum Gasteiger partial charge on any atom is -0.382 e. The summed E-state index contributed by atoms with van der Waals surface area (Å²) in [6, 6.07) is 4.23. The van der Waals surface area contributed by atoms with E-state index in [1.165, 1.54) is 11.1 Å². The number of nitrogens with zero attached hydrogens (tertiary/aromatic N) is 1. The Labute approximate surface area is 129 Å². The number of benzene rings is 1. The van der Waals surface area contributed by atoms with Crippen LogP contribution in [0, 0.1) is 6.92 Å². The summed E-state index contributed by atoms with van der Waals surface area (Å²) in [6.07, 6.45) is 3.46. The molecular formula is C16H22BrNO2. The van der Waals surface area contributed by atoms with Crippen molar-refractivity contribution in [1.82, 2.24) is 0 Å². The molecule has 1 amide bonds. The summed E-state index contributed by atoms with van der Waals surface area (Å²) in [7, 11) is 0. The molecule has 0 bridgehead atoms. The Kier molecular flexibility index (Phi) is 5.61. The van der Waals surface area contributed by atoms with E-state index in [2.05, 4.69) is 35.0 Å². The molecule has 0 spiro atoms. The Balaban J connectivity index is 2.10. The summed E-state index contributed by atoms with van der Waals surface area (Å²) in [5.74, 6) is 0.219. The summed E-state index contributed by atoms with van der Waals surface area (Å²) in [4.78, 5) is 14.4. The van der Waals surface area contributed by atoms with Gasteiger partial charge in [0, 0.05) is 36.3 Å². The van der Waals surface area contributed by atoms with Crippen molar-refractivity contribution in [2.45, 2.75) is 39.5 Å². The molecule has 3 nitrogen and oxygen atoms in total. The van der Waals surface area contributed by atoms with E-state index < -0.39 is 0 Å². The Morgan fingerprint density at radius 3 is 3.00 bits per heavy atom. The highest BCUT2D eigenvalue weighted by Gasteiger charge is 2.24. The molecule has 2 rings (SSSR count). The molecule has 1 aliphatic heterocycles. The van der Waals surface area contributed by atoms with Gasteiger partial charge in [-0.15, -0.1) is 0 Å². The predicted octanol–water partition coefficient (Wildman–Crippen LogP) is 3.85. The van der Waals surface area contributed by atoms with Crippen LogP contribution in [-0.4, -0.2) is 25.7 Å². The zero-order chi connectivity index (χ0) is 14.5. The first-order valence-electron chi connectivity index (χ1n) is 7.30. The second-order valence-corrected chi connectivity index (χ2v) is 6.10. The molecule has 1 aliphatic rings. The smallest absolute Gasteiger partial charge is 0.227 e. The maximum Gasteiger partial charge on any atom is 0.227 e. The average molecular weight is 340 g/mol. The molecular weight excluding hydrogens is 318 g/mol. The molecule has 110 valence electrons. The molecule has 0 N–H and O–H groups in total. The molecule has 0 fully saturated rings. The lowest BCUT2D eigenvalue weighted by molar-refractivity contribution is -0.119. The molecule has 20 heavy (non-hydrogen) atoms. The van der Waals surface area contributed by atoms with Crippen LogP contribution in [0.2, 0.25) is 0 Å². The van der Waals surface area contributed by atoms with Crippen LogP contribution in [0.15, 0.2) is 16.6 Å². The van der Waals surface area contributed by atoms with E-state index in [4.69, 9.17) is 4.74 Å². The van der Waals surface area contributed by atoms with Gasteiger partial charge in [-0.1, -0.05) is 15.9 Å². The van der Waals surface area contributed by atoms with Crippen molar-refractivity contribution in [3.63, 3.8) is 0 Å². The zero-order valence-corrected chi connectivity index (χ0v) is 13.8. The van der Waals surface area contributed by atoms with Crippen molar-refractivity contribution in [2.24, 2.45) is 0 Å². The number of hydrogen-bond acceptors (Lipinski definition) is 2. The second kappa shape index (κ2) is 7.23. The third-order valence-electron chi connectivity index (χ3n) is 3.63. The average Bonchev–Trinajstić information content (AvgIpc) is 2.42. The van der Waals surface area contributed by atoms with Crippen LogP contribution in [0.5, 0.6) is 0 Å². The Morgan fingerprint density at radius 1 is 1.45 bits per heavy atom. The van der Waals surface area contributed by atoms with Crippen molar-refractivity contribution in [3.05, 3.63) is 27.7 Å². The first-order chi connectivity index (χ1) is 9.63. The first kappa shape index (κ1) is 15.5. The first-order valence-corrected chi connectivity index (χ1v) is 8.10. The topological polar surface area (TPSA) is 29.5 Å². The Morgan fingerprint density at radius 2 is 2.25 bits per heavy atom. The Hall–Kier alpha value is -0.870. The number of carbonyl (C=O) groups excluding carboxylic acids is 1. The zero-order valence-electron chi connectivity index (χ0n) is 12.2. The molecule has 0 saturated carbocycles. The van der Waals surface area contributed by atoms with Crippen LogP contribution < -0.4 is 4.90 Å². The lowest BCUT2D eigenvalue weighted by atomic mass is 9.98. The van der Waals surface area contributed by atoms with Crippen molar-refractivity contribution < 1.29 is 9.53 Å². The van der Waals surface area contributed by atoms with Crippen LogP contribution in [-0.2, 0) is 16.0 Å². The van der Waals surface area contributed by atoms with Crippen LogP contribution in [0.25, 0.3) is 0 Å². The lowest BCUT2D eigenvalue weighted by Crippen LogP contribution is -2.36. The van der Waals surface area contributed by atoms with Gasteiger partial charge in [0.2, 0.25) is 5.91 Å². The van der Waals surface area contributed by atoms with Gasteiger partial charge < -0.3 is 9.64 Å². The number of anilines is 1. The Bertz CT molecular complexity index is 488. The van der Waals surface area contributed by atoms with Gasteiger partial charge in [-0.25, -0.2) is 0 Å². The largest absolute Gasteiger partial charge is 0.382 e. The molecule has 0 unspecified atom stereocenters. The van der Waals surface area contributed by atoms with Gasteiger partial charge in [0.1, 0.15) is 0 Å². The molecule has 4 heteroatoms. The van der Waals surface area contributed by atoms with Crippen LogP contribution in [0.1, 0.15) is 37.3 Å². The fraction of sp³-hybridized carbons (Fsp3) is 0.562. The SMILES string of the molecule is CCOCCCC(=O)N1CCCc2cc(Br)cc(C)c21. The predicted molar refractivity (Wildman–Crippen MR) is 85.3 cm³/mol. The van der Waals surface area contributed by atoms with Crippen molar-refractivity contribution in [2.75, 3.05) is 24.7 Å². The molecule has 0 aromatic heterocycles. The van der Waals surface area contributed by atoms with Gasteiger partial charge in [0.25, 0.3) is 0 Å². The fourth-order valence-corrected chi connectivity index (χ4v) is 3.39. The van der Waals surface area contributed by atoms with Gasteiger partial charge in [-0.3, -0.25) is 4.79 Å². The van der Waals surface area contributed by atoms with E-state index in [0.29, 0.717) is 19.6 Å². The van der Waals surface area contributed by atoms with Gasteiger partial charge in [-0.2, -0.15) is 0 Å². The number of ether oxygens (including phenoxy) is 1. The highest BCUT2D eigenvalue weighted by atomic mass is 79.9. The van der Waals surface area contributed by atoms with E-state index >= 15 is 0 Å². The highest BCUT2D eigenvalue weighted by Crippen LogP contribution is 2.33. The fourth-order valence-electron chi connectivity index (χ4n) is 2.78. The molecule has 1 heterocycles. The van der Waals surface area contributed by atoms with Gasteiger partial charge >= 0.3 is 0 Å². The van der Waals surface area contributed by atoms with E-state index in [1.807, 2.05) is 11.8 Å². The maximum absolute atomic E-state index is 12.4. The summed E-state index contributed by atoms with van der Waals surface area (Å²) in [6.45, 7) is 6.28. The third kappa shape index (κ3) is 3.61. The van der Waals surface area contributed by atoms with E-state index in [9.17, 15) is 4.79 Å². The van der Waals surface area contributed by atoms with Gasteiger partial charge in [0.15, 0.2) is 0 Å². The number of hydrogen-bond donors (Lipinski definition) is 0. The molecule has 1 aromatic rings. The molecule has 0 radical (unpaired) electrons. The minimum atomic E-state index is 0.219. The number of amides is 1. The molecule has 0 atom stereocenters. The van der Waals surface area contributed by atoms with E-state index in [0.717, 1.165) is 36.0 Å². The maximum atomic E-state index is 12.4. The van der Waals surface area contributed by atoms with Gasteiger partial charge in [0.05, 0.1) is 0 Å². The van der Waals surface area contributed by atoms with Crippen molar-refractivity contribution >= 4 is 27.5 Å². The molecule has 0 aliphatic carbocycles. The summed E-state index contributed by atoms with van der Waals surface area (Å²) in [5, 5.41) is 0. The van der Waals surface area contributed by atoms with Crippen LogP contribution in [0.3, 0.4) is 0 Å². The number of carbonyl (C=O) groups is 1. The van der Waals surface area contributed by atoms with Crippen LogP contribution >= 0.6 is 15.9 Å². The third-order valence-corrected chi connectivity index (χ3v) is 4.08. The highest BCUT2D eigenvalue weighted by molar-refractivity contribution is 9.10. The molecule has 0 saturated heterocycles. The quantitative estimate of drug-likeness (QED) is 0.762. The van der Waals surface area contributed by atoms with E-state index in [-0.39, 0.29) is 5.91 Å². The minimum absolute atomic E-state index is 0.219. The van der Waals surface area contributed by atoms with Crippen molar-refractivity contribution in [1.29, 1.82) is 0 Å². The second-order valence-electron chi connectivity index (χ2n) is 5.18. The number of rotatable bonds is 5.